The Morgan fingerprint density at radius 3 is 2.47 bits per heavy atom. The lowest BCUT2D eigenvalue weighted by Gasteiger charge is -1.99. The summed E-state index contributed by atoms with van der Waals surface area (Å²) in [7, 11) is 0. The third-order valence-corrected chi connectivity index (χ3v) is 2.57. The number of halogens is 1. The van der Waals surface area contributed by atoms with Crippen molar-refractivity contribution in [2.45, 2.75) is 0 Å². The van der Waals surface area contributed by atoms with Crippen molar-refractivity contribution in [2.24, 2.45) is 0 Å². The Balaban J connectivity index is 2.42. The lowest BCUT2D eigenvalue weighted by Crippen LogP contribution is -1.95. The van der Waals surface area contributed by atoms with E-state index < -0.39 is 0 Å². The Hall–Kier alpha value is -1.80. The SMILES string of the molecule is N#Cc1ccc(-n2cc(Br)c(N)n2)cc1. The van der Waals surface area contributed by atoms with Gasteiger partial charge in [-0.2, -0.15) is 5.26 Å². The molecule has 4 nitrogen and oxygen atoms in total. The molecule has 0 aliphatic rings. The highest BCUT2D eigenvalue weighted by Crippen LogP contribution is 2.19. The number of benzene rings is 1. The molecule has 2 N–H and O–H groups in total. The van der Waals surface area contributed by atoms with Crippen LogP contribution in [0.4, 0.5) is 5.82 Å². The minimum Gasteiger partial charge on any atom is -0.381 e. The van der Waals surface area contributed by atoms with Crippen LogP contribution >= 0.6 is 15.9 Å². The number of hydrogen-bond donors (Lipinski definition) is 1. The van der Waals surface area contributed by atoms with Crippen LogP contribution in [0.15, 0.2) is 34.9 Å². The number of nitriles is 1. The highest BCUT2D eigenvalue weighted by atomic mass is 79.9. The molecule has 0 saturated carbocycles. The van der Waals surface area contributed by atoms with Crippen LogP contribution in [0, 0.1) is 11.3 Å². The van der Waals surface area contributed by atoms with Crippen molar-refractivity contribution in [3.8, 4) is 11.8 Å². The summed E-state index contributed by atoms with van der Waals surface area (Å²) < 4.78 is 2.41. The molecule has 0 radical (unpaired) electrons. The van der Waals surface area contributed by atoms with E-state index in [0.29, 0.717) is 11.4 Å². The second-order valence-corrected chi connectivity index (χ2v) is 3.82. The van der Waals surface area contributed by atoms with Crippen molar-refractivity contribution < 1.29 is 0 Å². The van der Waals surface area contributed by atoms with Gasteiger partial charge in [0.1, 0.15) is 0 Å². The zero-order valence-electron chi connectivity index (χ0n) is 7.68. The summed E-state index contributed by atoms with van der Waals surface area (Å²) in [5.41, 5.74) is 7.09. The molecule has 0 bridgehead atoms. The molecule has 2 aromatic rings. The second kappa shape index (κ2) is 3.75. The number of hydrogen-bond acceptors (Lipinski definition) is 3. The summed E-state index contributed by atoms with van der Waals surface area (Å²) in [6.07, 6.45) is 1.77. The van der Waals surface area contributed by atoms with Crippen molar-refractivity contribution in [1.82, 2.24) is 9.78 Å². The Kier molecular flexibility index (Phi) is 2.44. The minimum absolute atomic E-state index is 0.444. The van der Waals surface area contributed by atoms with Gasteiger partial charge in [0.2, 0.25) is 0 Å². The molecular formula is C10H7BrN4. The van der Waals surface area contributed by atoms with Gasteiger partial charge in [-0.1, -0.05) is 0 Å². The fourth-order valence-corrected chi connectivity index (χ4v) is 1.46. The molecule has 0 amide bonds. The van der Waals surface area contributed by atoms with Gasteiger partial charge in [0.05, 0.1) is 21.8 Å². The molecule has 0 spiro atoms. The lowest BCUT2D eigenvalue weighted by molar-refractivity contribution is 0.885. The van der Waals surface area contributed by atoms with E-state index >= 15 is 0 Å². The van der Waals surface area contributed by atoms with Gasteiger partial charge in [-0.3, -0.25) is 0 Å². The molecule has 1 aromatic heterocycles. The van der Waals surface area contributed by atoms with E-state index in [1.54, 1.807) is 23.0 Å². The maximum Gasteiger partial charge on any atom is 0.160 e. The fourth-order valence-electron chi connectivity index (χ4n) is 1.19. The summed E-state index contributed by atoms with van der Waals surface area (Å²) in [6, 6.07) is 9.17. The van der Waals surface area contributed by atoms with Gasteiger partial charge < -0.3 is 5.73 Å². The second-order valence-electron chi connectivity index (χ2n) is 2.97. The first-order valence-electron chi connectivity index (χ1n) is 4.22. The predicted molar refractivity (Wildman–Crippen MR) is 60.4 cm³/mol. The number of anilines is 1. The van der Waals surface area contributed by atoms with Crippen LogP contribution in [0.5, 0.6) is 0 Å². The lowest BCUT2D eigenvalue weighted by atomic mass is 10.2. The van der Waals surface area contributed by atoms with E-state index in [-0.39, 0.29) is 0 Å². The molecule has 5 heteroatoms. The van der Waals surface area contributed by atoms with Crippen molar-refractivity contribution in [2.75, 3.05) is 5.73 Å². The van der Waals surface area contributed by atoms with Crippen LogP contribution in [0.2, 0.25) is 0 Å². The molecule has 1 heterocycles. The van der Waals surface area contributed by atoms with Gasteiger partial charge >= 0.3 is 0 Å². The van der Waals surface area contributed by atoms with Crippen LogP contribution in [0.25, 0.3) is 5.69 Å². The van der Waals surface area contributed by atoms with Crippen molar-refractivity contribution in [3.63, 3.8) is 0 Å². The van der Waals surface area contributed by atoms with Crippen molar-refractivity contribution in [3.05, 3.63) is 40.5 Å². The molecule has 2 rings (SSSR count). The molecule has 0 aliphatic carbocycles. The molecule has 0 atom stereocenters. The zero-order valence-corrected chi connectivity index (χ0v) is 9.27. The zero-order chi connectivity index (χ0) is 10.8. The first kappa shape index (κ1) is 9.74. The van der Waals surface area contributed by atoms with E-state index in [0.717, 1.165) is 10.2 Å². The number of rotatable bonds is 1. The van der Waals surface area contributed by atoms with E-state index in [4.69, 9.17) is 11.0 Å². The molecule has 74 valence electrons. The standard InChI is InChI=1S/C10H7BrN4/c11-9-6-15(14-10(9)13)8-3-1-7(5-12)2-4-8/h1-4,6H,(H2,13,14). The highest BCUT2D eigenvalue weighted by Gasteiger charge is 2.03. The molecular weight excluding hydrogens is 256 g/mol. The van der Waals surface area contributed by atoms with Crippen LogP contribution in [-0.2, 0) is 0 Å². The number of nitrogens with zero attached hydrogens (tertiary/aromatic N) is 3. The first-order valence-corrected chi connectivity index (χ1v) is 5.01. The van der Waals surface area contributed by atoms with Gasteiger partial charge in [0, 0.05) is 6.20 Å². The van der Waals surface area contributed by atoms with Gasteiger partial charge in [-0.25, -0.2) is 4.68 Å². The maximum atomic E-state index is 8.65. The largest absolute Gasteiger partial charge is 0.381 e. The molecule has 1 aromatic carbocycles. The Bertz CT molecular complexity index is 502. The normalized spacial score (nSPS) is 9.87. The highest BCUT2D eigenvalue weighted by molar-refractivity contribution is 9.10. The first-order chi connectivity index (χ1) is 7.20. The smallest absolute Gasteiger partial charge is 0.160 e. The molecule has 0 fully saturated rings. The van der Waals surface area contributed by atoms with Crippen LogP contribution in [0.3, 0.4) is 0 Å². The van der Waals surface area contributed by atoms with E-state index in [2.05, 4.69) is 27.1 Å². The summed E-state index contributed by atoms with van der Waals surface area (Å²) in [5.74, 6) is 0.444. The third kappa shape index (κ3) is 1.85. The maximum absolute atomic E-state index is 8.65. The van der Waals surface area contributed by atoms with Crippen molar-refractivity contribution >= 4 is 21.7 Å². The Morgan fingerprint density at radius 1 is 1.33 bits per heavy atom. The summed E-state index contributed by atoms with van der Waals surface area (Å²) in [5, 5.41) is 12.7. The van der Waals surface area contributed by atoms with E-state index in [1.165, 1.54) is 0 Å². The van der Waals surface area contributed by atoms with Crippen LogP contribution in [0.1, 0.15) is 5.56 Å². The average molecular weight is 263 g/mol. The van der Waals surface area contributed by atoms with E-state index in [1.807, 2.05) is 12.1 Å². The topological polar surface area (TPSA) is 67.6 Å². The fraction of sp³-hybridized carbons (Fsp3) is 0. The summed E-state index contributed by atoms with van der Waals surface area (Å²) >= 11 is 3.28. The van der Waals surface area contributed by atoms with Gasteiger partial charge in [-0.05, 0) is 40.2 Å². The minimum atomic E-state index is 0.444. The van der Waals surface area contributed by atoms with E-state index in [9.17, 15) is 0 Å². The van der Waals surface area contributed by atoms with Crippen LogP contribution in [-0.4, -0.2) is 9.78 Å². The Morgan fingerprint density at radius 2 is 2.00 bits per heavy atom. The Labute approximate surface area is 95.1 Å². The van der Waals surface area contributed by atoms with Gasteiger partial charge in [0.15, 0.2) is 5.82 Å². The monoisotopic (exact) mass is 262 g/mol. The quantitative estimate of drug-likeness (QED) is 0.856. The summed E-state index contributed by atoms with van der Waals surface area (Å²) in [6.45, 7) is 0. The summed E-state index contributed by atoms with van der Waals surface area (Å²) in [4.78, 5) is 0. The molecule has 0 unspecified atom stereocenters. The number of nitrogens with two attached hydrogens (primary N) is 1. The predicted octanol–water partition coefficient (Wildman–Crippen LogP) is 2.09. The number of aromatic nitrogens is 2. The number of nitrogen functional groups attached to an aromatic ring is 1. The van der Waals surface area contributed by atoms with Gasteiger partial charge in [0.25, 0.3) is 0 Å². The average Bonchev–Trinajstić information content (AvgIpc) is 2.59. The van der Waals surface area contributed by atoms with Crippen LogP contribution < -0.4 is 5.73 Å². The molecule has 0 saturated heterocycles. The molecule has 15 heavy (non-hydrogen) atoms. The molecule has 0 aliphatic heterocycles. The third-order valence-electron chi connectivity index (χ3n) is 1.96. The van der Waals surface area contributed by atoms with Crippen molar-refractivity contribution in [1.29, 1.82) is 5.26 Å². The van der Waals surface area contributed by atoms with Gasteiger partial charge in [-0.15, -0.1) is 5.10 Å².